The van der Waals surface area contributed by atoms with Crippen LogP contribution < -0.4 is 0 Å². The van der Waals surface area contributed by atoms with Crippen LogP contribution in [0.5, 0.6) is 0 Å². The molecule has 0 aliphatic carbocycles. The van der Waals surface area contributed by atoms with Crippen molar-refractivity contribution < 1.29 is 5.11 Å². The number of hydrogen-bond acceptors (Lipinski definition) is 1. The van der Waals surface area contributed by atoms with Gasteiger partial charge in [0.1, 0.15) is 0 Å². The van der Waals surface area contributed by atoms with Gasteiger partial charge in [0.2, 0.25) is 0 Å². The molecule has 0 atom stereocenters. The second kappa shape index (κ2) is 4.27. The van der Waals surface area contributed by atoms with Gasteiger partial charge in [-0.2, -0.15) is 0 Å². The maximum absolute atomic E-state index is 7.88. The molecule has 0 saturated carbocycles. The molecule has 0 aromatic carbocycles. The smallest absolute Gasteiger partial charge is 0.0759 e. The van der Waals surface area contributed by atoms with E-state index in [1.165, 1.54) is 0 Å². The third-order valence-corrected chi connectivity index (χ3v) is 0.703. The van der Waals surface area contributed by atoms with Crippen LogP contribution >= 0.6 is 22.6 Å². The number of hydrogen-bond donors (Lipinski definition) is 1. The van der Waals surface area contributed by atoms with Crippen molar-refractivity contribution in [1.82, 2.24) is 0 Å². The van der Waals surface area contributed by atoms with E-state index in [0.717, 1.165) is 10.7 Å². The number of allylic oxidation sites excluding steroid dienone is 1. The molecule has 0 rings (SSSR count). The predicted molar refractivity (Wildman–Crippen MR) is 30.7 cm³/mol. The summed E-state index contributed by atoms with van der Waals surface area (Å²) >= 11 is 2.14. The van der Waals surface area contributed by atoms with Gasteiger partial charge in [0, 0.05) is 4.43 Å². The van der Waals surface area contributed by atoms with E-state index >= 15 is 0 Å². The van der Waals surface area contributed by atoms with E-state index in [1.54, 1.807) is 6.08 Å². The zero-order valence-electron chi connectivity index (χ0n) is 2.69. The lowest BCUT2D eigenvalue weighted by Gasteiger charge is -1.64. The fourth-order valence-electron chi connectivity index (χ4n) is 0.0398. The van der Waals surface area contributed by atoms with E-state index in [-0.39, 0.29) is 0 Å². The average molecular weight is 184 g/mol. The van der Waals surface area contributed by atoms with E-state index in [2.05, 4.69) is 22.6 Å². The highest BCUT2D eigenvalue weighted by molar-refractivity contribution is 14.1. The highest BCUT2D eigenvalue weighted by Gasteiger charge is 1.55. The van der Waals surface area contributed by atoms with Crippen LogP contribution in [0.1, 0.15) is 0 Å². The largest absolute Gasteiger partial charge is 0.516 e. The summed E-state index contributed by atoms with van der Waals surface area (Å²) in [6, 6.07) is 0. The van der Waals surface area contributed by atoms with E-state index in [4.69, 9.17) is 5.11 Å². The van der Waals surface area contributed by atoms with Crippen LogP contribution in [-0.2, 0) is 0 Å². The molecule has 0 heterocycles. The van der Waals surface area contributed by atoms with Gasteiger partial charge in [-0.05, 0) is 6.08 Å². The van der Waals surface area contributed by atoms with Crippen LogP contribution in [0.4, 0.5) is 0 Å². The van der Waals surface area contributed by atoms with Crippen molar-refractivity contribution in [3.63, 3.8) is 0 Å². The SMILES string of the molecule is O/C=C\CI. The molecule has 2 heteroatoms. The fourth-order valence-corrected chi connectivity index (χ4v) is 0.267. The van der Waals surface area contributed by atoms with E-state index in [1.807, 2.05) is 0 Å². The Balaban J connectivity index is 2.62. The third kappa shape index (κ3) is 4.27. The van der Waals surface area contributed by atoms with Gasteiger partial charge in [0.25, 0.3) is 0 Å². The summed E-state index contributed by atoms with van der Waals surface area (Å²) in [5.41, 5.74) is 0. The van der Waals surface area contributed by atoms with Crippen LogP contribution in [0, 0.1) is 0 Å². The van der Waals surface area contributed by atoms with Crippen molar-refractivity contribution >= 4 is 22.6 Å². The Hall–Kier alpha value is 0.270. The minimum absolute atomic E-state index is 0.883. The summed E-state index contributed by atoms with van der Waals surface area (Å²) in [5, 5.41) is 7.88. The van der Waals surface area contributed by atoms with E-state index in [9.17, 15) is 0 Å². The molecule has 1 N–H and O–H groups in total. The monoisotopic (exact) mass is 184 g/mol. The molecule has 0 radical (unpaired) electrons. The minimum Gasteiger partial charge on any atom is -0.516 e. The summed E-state index contributed by atoms with van der Waals surface area (Å²) in [6.07, 6.45) is 2.72. The third-order valence-electron chi connectivity index (χ3n) is 0.194. The van der Waals surface area contributed by atoms with Gasteiger partial charge in [0.15, 0.2) is 0 Å². The summed E-state index contributed by atoms with van der Waals surface area (Å²) < 4.78 is 0.883. The molecule has 30 valence electrons. The summed E-state index contributed by atoms with van der Waals surface area (Å²) in [7, 11) is 0. The van der Waals surface area contributed by atoms with Crippen LogP contribution in [0.3, 0.4) is 0 Å². The molecule has 0 aliphatic rings. The van der Waals surface area contributed by atoms with Crippen molar-refractivity contribution in [2.75, 3.05) is 4.43 Å². The second-order valence-corrected chi connectivity index (χ2v) is 1.42. The maximum Gasteiger partial charge on any atom is 0.0759 e. The van der Waals surface area contributed by atoms with E-state index in [0.29, 0.717) is 0 Å². The Labute approximate surface area is 44.8 Å². The zero-order valence-corrected chi connectivity index (χ0v) is 4.84. The number of aliphatic hydroxyl groups excluding tert-OH is 1. The Morgan fingerprint density at radius 3 is 2.40 bits per heavy atom. The fraction of sp³-hybridized carbons (Fsp3) is 0.333. The molecule has 0 spiro atoms. The Kier molecular flexibility index (Phi) is 4.50. The van der Waals surface area contributed by atoms with Crippen molar-refractivity contribution in [3.8, 4) is 0 Å². The lowest BCUT2D eigenvalue weighted by molar-refractivity contribution is 0.473. The van der Waals surface area contributed by atoms with Crippen molar-refractivity contribution in [1.29, 1.82) is 0 Å². The van der Waals surface area contributed by atoms with Crippen LogP contribution in [-0.4, -0.2) is 9.53 Å². The first-order valence-corrected chi connectivity index (χ1v) is 2.79. The number of aliphatic hydroxyl groups is 1. The van der Waals surface area contributed by atoms with Gasteiger partial charge in [-0.3, -0.25) is 0 Å². The van der Waals surface area contributed by atoms with Gasteiger partial charge in [-0.25, -0.2) is 0 Å². The molecule has 0 bridgehead atoms. The summed E-state index contributed by atoms with van der Waals surface area (Å²) in [5.74, 6) is 0. The van der Waals surface area contributed by atoms with Crippen LogP contribution in [0.15, 0.2) is 12.3 Å². The molecule has 0 aromatic heterocycles. The normalized spacial score (nSPS) is 9.80. The highest BCUT2D eigenvalue weighted by Crippen LogP contribution is 1.77. The average Bonchev–Trinajstić information content (AvgIpc) is 1.41. The van der Waals surface area contributed by atoms with Gasteiger partial charge in [-0.1, -0.05) is 22.6 Å². The van der Waals surface area contributed by atoms with Crippen LogP contribution in [0.2, 0.25) is 0 Å². The maximum atomic E-state index is 7.88. The molecular formula is C3H5IO. The van der Waals surface area contributed by atoms with Crippen molar-refractivity contribution in [3.05, 3.63) is 12.3 Å². The zero-order chi connectivity index (χ0) is 4.12. The quantitative estimate of drug-likeness (QED) is 0.371. The molecule has 0 aliphatic heterocycles. The Morgan fingerprint density at radius 1 is 1.80 bits per heavy atom. The predicted octanol–water partition coefficient (Wildman–Crippen LogP) is 1.49. The number of rotatable bonds is 1. The van der Waals surface area contributed by atoms with Gasteiger partial charge >= 0.3 is 0 Å². The summed E-state index contributed by atoms with van der Waals surface area (Å²) in [6.45, 7) is 0. The first kappa shape index (κ1) is 5.27. The lowest BCUT2D eigenvalue weighted by Crippen LogP contribution is -1.52. The van der Waals surface area contributed by atoms with Crippen molar-refractivity contribution in [2.45, 2.75) is 0 Å². The standard InChI is InChI=1S/C3H5IO/c4-2-1-3-5/h1,3,5H,2H2/b3-1-. The molecule has 5 heavy (non-hydrogen) atoms. The molecule has 0 unspecified atom stereocenters. The molecule has 0 amide bonds. The highest BCUT2D eigenvalue weighted by atomic mass is 127. The number of halogens is 1. The molecule has 0 saturated heterocycles. The van der Waals surface area contributed by atoms with Gasteiger partial charge in [-0.15, -0.1) is 0 Å². The number of alkyl halides is 1. The molecule has 0 aromatic rings. The minimum atomic E-state index is 0.883. The topological polar surface area (TPSA) is 20.2 Å². The second-order valence-electron chi connectivity index (χ2n) is 0.539. The Bertz CT molecular complexity index is 33.9. The Morgan fingerprint density at radius 2 is 2.40 bits per heavy atom. The lowest BCUT2D eigenvalue weighted by atomic mass is 10.7. The summed E-state index contributed by atoms with van der Waals surface area (Å²) in [4.78, 5) is 0. The molecule has 1 nitrogen and oxygen atoms in total. The van der Waals surface area contributed by atoms with Crippen molar-refractivity contribution in [2.24, 2.45) is 0 Å². The molecular weight excluding hydrogens is 179 g/mol. The molecule has 0 fully saturated rings. The first-order valence-electron chi connectivity index (χ1n) is 1.27. The first-order chi connectivity index (χ1) is 2.41. The van der Waals surface area contributed by atoms with Gasteiger partial charge in [0.05, 0.1) is 6.26 Å². The van der Waals surface area contributed by atoms with E-state index < -0.39 is 0 Å². The van der Waals surface area contributed by atoms with Gasteiger partial charge < -0.3 is 5.11 Å². The van der Waals surface area contributed by atoms with Crippen LogP contribution in [0.25, 0.3) is 0 Å².